The summed E-state index contributed by atoms with van der Waals surface area (Å²) < 4.78 is 5.59. The highest BCUT2D eigenvalue weighted by Crippen LogP contribution is 2.14. The number of rotatable bonds is 4. The maximum absolute atomic E-state index is 5.59. The van der Waals surface area contributed by atoms with Crippen molar-refractivity contribution in [1.82, 2.24) is 4.98 Å². The van der Waals surface area contributed by atoms with E-state index in [2.05, 4.69) is 10.4 Å². The third-order valence-corrected chi connectivity index (χ3v) is 3.16. The van der Waals surface area contributed by atoms with E-state index in [1.165, 1.54) is 0 Å². The molecule has 1 aromatic heterocycles. The van der Waals surface area contributed by atoms with Crippen LogP contribution < -0.4 is 10.5 Å². The van der Waals surface area contributed by atoms with Gasteiger partial charge in [-0.05, 0) is 31.2 Å². The molecule has 2 aromatic rings. The highest BCUT2D eigenvalue weighted by atomic mass is 32.1. The zero-order valence-corrected chi connectivity index (χ0v) is 9.96. The fourth-order valence-electron chi connectivity index (χ4n) is 1.34. The Kier molecular flexibility index (Phi) is 3.41. The third kappa shape index (κ3) is 2.97. The summed E-state index contributed by atoms with van der Waals surface area (Å²) in [5.74, 6) is 0.850. The zero-order valence-electron chi connectivity index (χ0n) is 9.14. The first-order valence-corrected chi connectivity index (χ1v) is 6.01. The van der Waals surface area contributed by atoms with Gasteiger partial charge in [0, 0.05) is 23.2 Å². The number of nitrogens with two attached hydrogens (primary N) is 1. The lowest BCUT2D eigenvalue weighted by atomic mass is 10.3. The van der Waals surface area contributed by atoms with E-state index in [0.717, 1.165) is 28.6 Å². The summed E-state index contributed by atoms with van der Waals surface area (Å²) in [6.07, 6.45) is 0.850. The molecule has 0 aliphatic carbocycles. The molecule has 2 N–H and O–H groups in total. The molecule has 4 heteroatoms. The lowest BCUT2D eigenvalue weighted by molar-refractivity contribution is 0.322. The number of nitrogens with zero attached hydrogens (tertiary/aromatic N) is 1. The summed E-state index contributed by atoms with van der Waals surface area (Å²) in [4.78, 5) is 4.37. The Morgan fingerprint density at radius 3 is 2.69 bits per heavy atom. The molecule has 0 radical (unpaired) electrons. The zero-order chi connectivity index (χ0) is 11.4. The second kappa shape index (κ2) is 4.99. The van der Waals surface area contributed by atoms with Crippen molar-refractivity contribution in [1.29, 1.82) is 0 Å². The maximum atomic E-state index is 5.59. The SMILES string of the molecule is Cc1csc(CCOc2ccc(N)cc2)n1. The monoisotopic (exact) mass is 234 g/mol. The topological polar surface area (TPSA) is 48.1 Å². The van der Waals surface area contributed by atoms with Gasteiger partial charge in [-0.25, -0.2) is 4.98 Å². The number of aromatic nitrogens is 1. The molecule has 3 nitrogen and oxygen atoms in total. The number of nitrogen functional groups attached to an aromatic ring is 1. The quantitative estimate of drug-likeness (QED) is 0.827. The van der Waals surface area contributed by atoms with Crippen molar-refractivity contribution in [2.24, 2.45) is 0 Å². The largest absolute Gasteiger partial charge is 0.493 e. The molecule has 0 aliphatic heterocycles. The van der Waals surface area contributed by atoms with Crippen molar-refractivity contribution >= 4 is 17.0 Å². The van der Waals surface area contributed by atoms with Crippen LogP contribution in [0.15, 0.2) is 29.6 Å². The van der Waals surface area contributed by atoms with Gasteiger partial charge in [-0.15, -0.1) is 11.3 Å². The van der Waals surface area contributed by atoms with Crippen molar-refractivity contribution in [2.45, 2.75) is 13.3 Å². The van der Waals surface area contributed by atoms with Gasteiger partial charge in [0.1, 0.15) is 5.75 Å². The van der Waals surface area contributed by atoms with Gasteiger partial charge in [-0.2, -0.15) is 0 Å². The summed E-state index contributed by atoms with van der Waals surface area (Å²) in [6, 6.07) is 7.43. The molecule has 1 heterocycles. The number of hydrogen-bond donors (Lipinski definition) is 1. The van der Waals surface area contributed by atoms with Crippen LogP contribution in [0.3, 0.4) is 0 Å². The Labute approximate surface area is 98.9 Å². The molecule has 0 amide bonds. The summed E-state index contributed by atoms with van der Waals surface area (Å²) in [5.41, 5.74) is 7.41. The molecule has 0 bridgehead atoms. The van der Waals surface area contributed by atoms with Crippen LogP contribution in [0.2, 0.25) is 0 Å². The van der Waals surface area contributed by atoms with E-state index in [1.807, 2.05) is 31.2 Å². The van der Waals surface area contributed by atoms with E-state index in [0.29, 0.717) is 6.61 Å². The molecule has 2 rings (SSSR count). The van der Waals surface area contributed by atoms with Crippen LogP contribution in [0, 0.1) is 6.92 Å². The van der Waals surface area contributed by atoms with Gasteiger partial charge in [0.05, 0.1) is 11.6 Å². The van der Waals surface area contributed by atoms with Gasteiger partial charge >= 0.3 is 0 Å². The lowest BCUT2D eigenvalue weighted by Crippen LogP contribution is -2.01. The molecule has 84 valence electrons. The van der Waals surface area contributed by atoms with Crippen LogP contribution in [0.25, 0.3) is 0 Å². The number of anilines is 1. The molecule has 0 saturated carbocycles. The predicted molar refractivity (Wildman–Crippen MR) is 66.9 cm³/mol. The van der Waals surface area contributed by atoms with Gasteiger partial charge in [-0.1, -0.05) is 0 Å². The Bertz CT molecular complexity index is 450. The van der Waals surface area contributed by atoms with Crippen LogP contribution in [-0.2, 0) is 6.42 Å². The molecule has 1 aromatic carbocycles. The van der Waals surface area contributed by atoms with Crippen molar-refractivity contribution < 1.29 is 4.74 Å². The molecule has 16 heavy (non-hydrogen) atoms. The van der Waals surface area contributed by atoms with E-state index >= 15 is 0 Å². The van der Waals surface area contributed by atoms with Crippen LogP contribution >= 0.6 is 11.3 Å². The van der Waals surface area contributed by atoms with Crippen molar-refractivity contribution in [3.63, 3.8) is 0 Å². The van der Waals surface area contributed by atoms with Crippen LogP contribution in [0.1, 0.15) is 10.7 Å². The normalized spacial score (nSPS) is 10.3. The summed E-state index contributed by atoms with van der Waals surface area (Å²) >= 11 is 1.68. The van der Waals surface area contributed by atoms with Crippen molar-refractivity contribution in [3.05, 3.63) is 40.3 Å². The minimum atomic E-state index is 0.650. The summed E-state index contributed by atoms with van der Waals surface area (Å²) in [6.45, 7) is 2.65. The molecule has 0 spiro atoms. The molecule has 0 aliphatic rings. The number of thiazole rings is 1. The number of aryl methyl sites for hydroxylation is 1. The molecule has 0 atom stereocenters. The highest BCUT2D eigenvalue weighted by Gasteiger charge is 1.99. The van der Waals surface area contributed by atoms with E-state index in [4.69, 9.17) is 10.5 Å². The average molecular weight is 234 g/mol. The summed E-state index contributed by atoms with van der Waals surface area (Å²) in [5, 5.41) is 3.17. The Morgan fingerprint density at radius 1 is 1.31 bits per heavy atom. The maximum Gasteiger partial charge on any atom is 0.119 e. The Morgan fingerprint density at radius 2 is 2.06 bits per heavy atom. The van der Waals surface area contributed by atoms with Crippen molar-refractivity contribution in [2.75, 3.05) is 12.3 Å². The van der Waals surface area contributed by atoms with E-state index in [9.17, 15) is 0 Å². The lowest BCUT2D eigenvalue weighted by Gasteiger charge is -2.04. The smallest absolute Gasteiger partial charge is 0.119 e. The van der Waals surface area contributed by atoms with Gasteiger partial charge in [0.25, 0.3) is 0 Å². The first-order valence-electron chi connectivity index (χ1n) is 5.13. The van der Waals surface area contributed by atoms with Crippen LogP contribution in [0.4, 0.5) is 5.69 Å². The van der Waals surface area contributed by atoms with Crippen LogP contribution in [-0.4, -0.2) is 11.6 Å². The third-order valence-electron chi connectivity index (χ3n) is 2.13. The molecular weight excluding hydrogens is 220 g/mol. The molecule has 0 saturated heterocycles. The molecule has 0 fully saturated rings. The predicted octanol–water partition coefficient (Wildman–Crippen LogP) is 2.66. The van der Waals surface area contributed by atoms with Gasteiger partial charge in [-0.3, -0.25) is 0 Å². The van der Waals surface area contributed by atoms with Gasteiger partial charge in [0.15, 0.2) is 0 Å². The number of hydrogen-bond acceptors (Lipinski definition) is 4. The fraction of sp³-hybridized carbons (Fsp3) is 0.250. The van der Waals surface area contributed by atoms with E-state index in [1.54, 1.807) is 11.3 Å². The fourth-order valence-corrected chi connectivity index (χ4v) is 2.09. The Balaban J connectivity index is 1.82. The number of ether oxygens (including phenoxy) is 1. The minimum Gasteiger partial charge on any atom is -0.493 e. The summed E-state index contributed by atoms with van der Waals surface area (Å²) in [7, 11) is 0. The Hall–Kier alpha value is -1.55. The molecular formula is C12H14N2OS. The highest BCUT2D eigenvalue weighted by molar-refractivity contribution is 7.09. The molecule has 0 unspecified atom stereocenters. The average Bonchev–Trinajstić information content (AvgIpc) is 2.67. The second-order valence-electron chi connectivity index (χ2n) is 3.55. The van der Waals surface area contributed by atoms with Crippen molar-refractivity contribution in [3.8, 4) is 5.75 Å². The first-order chi connectivity index (χ1) is 7.74. The van der Waals surface area contributed by atoms with Gasteiger partial charge < -0.3 is 10.5 Å². The minimum absolute atomic E-state index is 0.650. The van der Waals surface area contributed by atoms with Crippen LogP contribution in [0.5, 0.6) is 5.75 Å². The second-order valence-corrected chi connectivity index (χ2v) is 4.49. The first kappa shape index (κ1) is 11.0. The standard InChI is InChI=1S/C12H14N2OS/c1-9-8-16-12(14-9)6-7-15-11-4-2-10(13)3-5-11/h2-5,8H,6-7,13H2,1H3. The number of benzene rings is 1. The van der Waals surface area contributed by atoms with E-state index in [-0.39, 0.29) is 0 Å². The van der Waals surface area contributed by atoms with E-state index < -0.39 is 0 Å². The van der Waals surface area contributed by atoms with Gasteiger partial charge in [0.2, 0.25) is 0 Å².